The van der Waals surface area contributed by atoms with Crippen molar-refractivity contribution in [1.29, 1.82) is 0 Å². The Morgan fingerprint density at radius 1 is 1.32 bits per heavy atom. The number of benzene rings is 1. The van der Waals surface area contributed by atoms with E-state index in [0.717, 1.165) is 27.7 Å². The number of anilines is 2. The number of nitrogens with two attached hydrogens (primary N) is 1. The predicted molar refractivity (Wildman–Crippen MR) is 100 cm³/mol. The van der Waals surface area contributed by atoms with Crippen LogP contribution < -0.4 is 21.9 Å². The van der Waals surface area contributed by atoms with E-state index in [1.165, 1.54) is 7.11 Å². The molecule has 0 aliphatic rings. The maximum atomic E-state index is 14.1. The van der Waals surface area contributed by atoms with E-state index in [0.29, 0.717) is 0 Å². The highest BCUT2D eigenvalue weighted by atomic mass is 19.1. The van der Waals surface area contributed by atoms with Gasteiger partial charge in [-0.25, -0.2) is 13.6 Å². The van der Waals surface area contributed by atoms with Gasteiger partial charge in [0.2, 0.25) is 0 Å². The van der Waals surface area contributed by atoms with Gasteiger partial charge in [-0.2, -0.15) is 0 Å². The van der Waals surface area contributed by atoms with Crippen LogP contribution in [0.3, 0.4) is 0 Å². The number of amides is 1. The van der Waals surface area contributed by atoms with Crippen LogP contribution in [0.5, 0.6) is 0 Å². The van der Waals surface area contributed by atoms with Gasteiger partial charge in [0, 0.05) is 20.2 Å². The van der Waals surface area contributed by atoms with Crippen molar-refractivity contribution in [3.05, 3.63) is 56.2 Å². The summed E-state index contributed by atoms with van der Waals surface area (Å²) in [6.07, 6.45) is 0. The fraction of sp³-hybridized carbons (Fsp3) is 0.389. The van der Waals surface area contributed by atoms with Crippen molar-refractivity contribution in [1.82, 2.24) is 9.55 Å². The Bertz CT molecular complexity index is 985. The molecule has 28 heavy (non-hydrogen) atoms. The van der Waals surface area contributed by atoms with Crippen molar-refractivity contribution in [3.8, 4) is 0 Å². The first-order chi connectivity index (χ1) is 13.2. The number of halogens is 2. The lowest BCUT2D eigenvalue weighted by Gasteiger charge is -2.25. The molecule has 0 spiro atoms. The molecular formula is C18H22F2N4O4. The average Bonchev–Trinajstić information content (AvgIpc) is 2.62. The van der Waals surface area contributed by atoms with Gasteiger partial charge in [0.1, 0.15) is 17.5 Å². The maximum absolute atomic E-state index is 14.1. The van der Waals surface area contributed by atoms with E-state index >= 15 is 0 Å². The average molecular weight is 396 g/mol. The Balaban J connectivity index is 2.66. The smallest absolute Gasteiger partial charge is 0.330 e. The van der Waals surface area contributed by atoms with Gasteiger partial charge >= 0.3 is 5.69 Å². The van der Waals surface area contributed by atoms with Crippen LogP contribution >= 0.6 is 0 Å². The third-order valence-electron chi connectivity index (χ3n) is 3.95. The number of hydrogen-bond acceptors (Lipinski definition) is 5. The minimum Gasteiger partial charge on any atom is -0.383 e. The number of rotatable bonds is 7. The zero-order valence-electron chi connectivity index (χ0n) is 15.8. The summed E-state index contributed by atoms with van der Waals surface area (Å²) >= 11 is 0. The molecule has 0 radical (unpaired) electrons. The van der Waals surface area contributed by atoms with Crippen LogP contribution in [0.4, 0.5) is 20.3 Å². The monoisotopic (exact) mass is 396 g/mol. The number of carbonyl (C=O) groups is 1. The number of carbonyl (C=O) groups excluding carboxylic acids is 1. The number of aromatic nitrogens is 2. The number of hydrogen-bond donors (Lipinski definition) is 2. The lowest BCUT2D eigenvalue weighted by Crippen LogP contribution is -2.43. The molecular weight excluding hydrogens is 374 g/mol. The van der Waals surface area contributed by atoms with Gasteiger partial charge in [-0.1, -0.05) is 13.8 Å². The minimum absolute atomic E-state index is 0.00907. The summed E-state index contributed by atoms with van der Waals surface area (Å²) in [6, 6.07) is 2.41. The van der Waals surface area contributed by atoms with Crippen molar-refractivity contribution < 1.29 is 18.3 Å². The fourth-order valence-corrected chi connectivity index (χ4v) is 2.69. The molecule has 2 aromatic rings. The second kappa shape index (κ2) is 8.79. The third-order valence-corrected chi connectivity index (χ3v) is 3.95. The molecule has 0 aliphatic heterocycles. The molecule has 0 atom stereocenters. The van der Waals surface area contributed by atoms with Gasteiger partial charge in [-0.05, 0) is 24.1 Å². The Labute approximate surface area is 159 Å². The van der Waals surface area contributed by atoms with Gasteiger partial charge in [0.25, 0.3) is 11.5 Å². The van der Waals surface area contributed by atoms with E-state index in [1.807, 2.05) is 13.8 Å². The first kappa shape index (κ1) is 21.3. The molecule has 8 nitrogen and oxygen atoms in total. The van der Waals surface area contributed by atoms with Crippen LogP contribution in [0.2, 0.25) is 0 Å². The normalized spacial score (nSPS) is 11.1. The molecule has 0 fully saturated rings. The number of ether oxygens (including phenoxy) is 1. The summed E-state index contributed by atoms with van der Waals surface area (Å²) in [7, 11) is 1.37. The SMILES string of the molecule is COCCN(C(=O)c1cc(F)ccc1F)c1c(N)n(CC(C)C)c(=O)[nH]c1=O. The van der Waals surface area contributed by atoms with E-state index in [2.05, 4.69) is 4.98 Å². The largest absolute Gasteiger partial charge is 0.383 e. The number of H-pyrrole nitrogens is 1. The van der Waals surface area contributed by atoms with Crippen molar-refractivity contribution in [3.63, 3.8) is 0 Å². The highest BCUT2D eigenvalue weighted by Crippen LogP contribution is 2.21. The summed E-state index contributed by atoms with van der Waals surface area (Å²) < 4.78 is 33.7. The minimum atomic E-state index is -0.985. The van der Waals surface area contributed by atoms with E-state index < -0.39 is 34.4 Å². The summed E-state index contributed by atoms with van der Waals surface area (Å²) in [5.74, 6) is -2.99. The fourth-order valence-electron chi connectivity index (χ4n) is 2.69. The molecule has 0 unspecified atom stereocenters. The third kappa shape index (κ3) is 4.45. The molecule has 2 rings (SSSR count). The maximum Gasteiger partial charge on any atom is 0.330 e. The molecule has 0 saturated heterocycles. The summed E-state index contributed by atoms with van der Waals surface area (Å²) in [4.78, 5) is 40.5. The summed E-state index contributed by atoms with van der Waals surface area (Å²) in [6.45, 7) is 3.69. The Morgan fingerprint density at radius 3 is 2.61 bits per heavy atom. The molecule has 0 bridgehead atoms. The van der Waals surface area contributed by atoms with Crippen LogP contribution in [0, 0.1) is 17.6 Å². The van der Waals surface area contributed by atoms with Crippen LogP contribution in [-0.2, 0) is 11.3 Å². The van der Waals surface area contributed by atoms with Gasteiger partial charge in [0.15, 0.2) is 5.69 Å². The molecule has 1 aromatic carbocycles. The zero-order valence-corrected chi connectivity index (χ0v) is 15.8. The zero-order chi connectivity index (χ0) is 21.0. The molecule has 1 aromatic heterocycles. The standard InChI is InChI=1S/C18H22F2N4O4/c1-10(2)9-24-15(21)14(16(25)22-18(24)27)23(6-7-28-3)17(26)12-8-11(19)4-5-13(12)20/h4-5,8,10H,6-7,9,21H2,1-3H3,(H,22,25,27). The number of aromatic amines is 1. The van der Waals surface area contributed by atoms with E-state index in [-0.39, 0.29) is 37.1 Å². The van der Waals surface area contributed by atoms with E-state index in [4.69, 9.17) is 10.5 Å². The van der Waals surface area contributed by atoms with Crippen LogP contribution in [0.15, 0.2) is 27.8 Å². The molecule has 1 heterocycles. The van der Waals surface area contributed by atoms with E-state index in [9.17, 15) is 23.2 Å². The molecule has 0 aliphatic carbocycles. The number of nitrogens with zero attached hydrogens (tertiary/aromatic N) is 2. The summed E-state index contributed by atoms with van der Waals surface area (Å²) in [5, 5.41) is 0. The second-order valence-corrected chi connectivity index (χ2v) is 6.57. The molecule has 10 heteroatoms. The number of nitrogens with one attached hydrogen (secondary N) is 1. The van der Waals surface area contributed by atoms with Crippen LogP contribution in [0.1, 0.15) is 24.2 Å². The lowest BCUT2D eigenvalue weighted by atomic mass is 10.1. The quantitative estimate of drug-likeness (QED) is 0.734. The molecule has 1 amide bonds. The topological polar surface area (TPSA) is 110 Å². The van der Waals surface area contributed by atoms with Crippen molar-refractivity contribution >= 4 is 17.4 Å². The highest BCUT2D eigenvalue weighted by molar-refractivity contribution is 6.07. The Hall–Kier alpha value is -3.01. The van der Waals surface area contributed by atoms with Crippen molar-refractivity contribution in [2.45, 2.75) is 20.4 Å². The van der Waals surface area contributed by atoms with Gasteiger partial charge in [0.05, 0.1) is 12.2 Å². The van der Waals surface area contributed by atoms with E-state index in [1.54, 1.807) is 0 Å². The first-order valence-corrected chi connectivity index (χ1v) is 8.55. The van der Waals surface area contributed by atoms with Crippen LogP contribution in [-0.4, -0.2) is 35.7 Å². The van der Waals surface area contributed by atoms with Gasteiger partial charge < -0.3 is 10.5 Å². The van der Waals surface area contributed by atoms with Gasteiger partial charge in [-0.3, -0.25) is 24.0 Å². The first-order valence-electron chi connectivity index (χ1n) is 8.55. The second-order valence-electron chi connectivity index (χ2n) is 6.57. The Kier molecular flexibility index (Phi) is 6.68. The molecule has 152 valence electrons. The lowest BCUT2D eigenvalue weighted by molar-refractivity contribution is 0.0971. The highest BCUT2D eigenvalue weighted by Gasteiger charge is 2.27. The Morgan fingerprint density at radius 2 is 2.00 bits per heavy atom. The predicted octanol–water partition coefficient (Wildman–Crippen LogP) is 1.35. The van der Waals surface area contributed by atoms with Crippen LogP contribution in [0.25, 0.3) is 0 Å². The number of nitrogen functional groups attached to an aromatic ring is 1. The van der Waals surface area contributed by atoms with Crippen molar-refractivity contribution in [2.75, 3.05) is 30.9 Å². The number of methoxy groups -OCH3 is 1. The van der Waals surface area contributed by atoms with Crippen molar-refractivity contribution in [2.24, 2.45) is 5.92 Å². The molecule has 0 saturated carbocycles. The van der Waals surface area contributed by atoms with Gasteiger partial charge in [-0.15, -0.1) is 0 Å². The molecule has 3 N–H and O–H groups in total. The summed E-state index contributed by atoms with van der Waals surface area (Å²) in [5.41, 5.74) is 3.49.